The molecule has 0 spiro atoms. The van der Waals surface area contributed by atoms with Gasteiger partial charge >= 0.3 is 0 Å². The summed E-state index contributed by atoms with van der Waals surface area (Å²) in [6.07, 6.45) is 5.54. The van der Waals surface area contributed by atoms with Gasteiger partial charge in [0.1, 0.15) is 5.82 Å². The molecule has 0 fully saturated rings. The van der Waals surface area contributed by atoms with Crippen LogP contribution in [0.25, 0.3) is 39.0 Å². The summed E-state index contributed by atoms with van der Waals surface area (Å²) in [6.45, 7) is 24.6. The standard InChI is InChI=1S/C46H48N4O.Pt/c1-30-31(2)49(36-24-33(45(6,7)8)23-34(25-36)46(9,10)11)29-48(30)35-15-14-16-37(27-35)51-38-19-20-40-39-17-12-13-18-41(39)50(42(40)28-38)43-26-32(21-22-47-43)44(3,4)5;/h12-26H,1-11H3;/q-2;. The van der Waals surface area contributed by atoms with Crippen LogP contribution in [0.3, 0.4) is 0 Å². The molecule has 4 aromatic carbocycles. The summed E-state index contributed by atoms with van der Waals surface area (Å²) < 4.78 is 12.9. The third-order valence-electron chi connectivity index (χ3n) is 9.91. The Labute approximate surface area is 323 Å². The van der Waals surface area contributed by atoms with Crippen molar-refractivity contribution in [3.63, 3.8) is 0 Å². The Morgan fingerprint density at radius 3 is 1.98 bits per heavy atom. The molecule has 7 aromatic rings. The van der Waals surface area contributed by atoms with Gasteiger partial charge in [-0.15, -0.1) is 29.7 Å². The summed E-state index contributed by atoms with van der Waals surface area (Å²) in [5, 5.41) is 2.25. The van der Waals surface area contributed by atoms with Gasteiger partial charge in [0, 0.05) is 50.0 Å². The summed E-state index contributed by atoms with van der Waals surface area (Å²) in [5.74, 6) is 2.08. The second kappa shape index (κ2) is 13.5. The van der Waals surface area contributed by atoms with Gasteiger partial charge < -0.3 is 13.9 Å². The minimum atomic E-state index is -0.00553. The van der Waals surface area contributed by atoms with Crippen molar-refractivity contribution in [2.24, 2.45) is 0 Å². The second-order valence-corrected chi connectivity index (χ2v) is 16.8. The van der Waals surface area contributed by atoms with Crippen LogP contribution < -0.4 is 9.30 Å². The molecule has 52 heavy (non-hydrogen) atoms. The predicted octanol–water partition coefficient (Wildman–Crippen LogP) is 10.9. The number of rotatable bonds is 5. The van der Waals surface area contributed by atoms with E-state index < -0.39 is 0 Å². The quantitative estimate of drug-likeness (QED) is 0.128. The number of nitrogens with zero attached hydrogens (tertiary/aromatic N) is 4. The normalized spacial score (nSPS) is 12.4. The maximum atomic E-state index is 6.50. The molecular weight excluding hydrogens is 820 g/mol. The van der Waals surface area contributed by atoms with Crippen LogP contribution in [0.5, 0.6) is 11.5 Å². The molecule has 3 aromatic heterocycles. The molecule has 0 amide bonds. The summed E-state index contributed by atoms with van der Waals surface area (Å²) in [6, 6.07) is 36.9. The van der Waals surface area contributed by atoms with Crippen LogP contribution >= 0.6 is 0 Å². The minimum absolute atomic E-state index is 0. The van der Waals surface area contributed by atoms with Gasteiger partial charge in [-0.05, 0) is 88.2 Å². The van der Waals surface area contributed by atoms with E-state index in [0.717, 1.165) is 50.4 Å². The van der Waals surface area contributed by atoms with Crippen molar-refractivity contribution in [2.75, 3.05) is 0 Å². The molecule has 6 heteroatoms. The fraction of sp³-hybridized carbons (Fsp3) is 0.304. The smallest absolute Gasteiger partial charge is 0.267 e. The maximum absolute atomic E-state index is 6.50. The molecule has 0 atom stereocenters. The molecule has 7 rings (SSSR count). The number of ether oxygens (including phenoxy) is 1. The molecule has 0 N–H and O–H groups in total. The zero-order chi connectivity index (χ0) is 36.5. The Hall–Kier alpha value is -4.47. The molecule has 0 saturated carbocycles. The minimum Gasteiger partial charge on any atom is -0.510 e. The van der Waals surface area contributed by atoms with E-state index in [1.54, 1.807) is 0 Å². The van der Waals surface area contributed by atoms with Crippen LogP contribution in [0.15, 0.2) is 91.1 Å². The molecular formula is C46H48N4OPt-2. The largest absolute Gasteiger partial charge is 0.510 e. The van der Waals surface area contributed by atoms with Crippen molar-refractivity contribution >= 4 is 21.8 Å². The van der Waals surface area contributed by atoms with Crippen LogP contribution in [0.4, 0.5) is 0 Å². The van der Waals surface area contributed by atoms with Gasteiger partial charge in [-0.2, -0.15) is 18.2 Å². The van der Waals surface area contributed by atoms with E-state index in [9.17, 15) is 0 Å². The summed E-state index contributed by atoms with van der Waals surface area (Å²) in [7, 11) is 0. The van der Waals surface area contributed by atoms with Gasteiger partial charge in [0.05, 0.1) is 11.4 Å². The fourth-order valence-corrected chi connectivity index (χ4v) is 6.59. The van der Waals surface area contributed by atoms with Gasteiger partial charge in [-0.1, -0.05) is 92.1 Å². The summed E-state index contributed by atoms with van der Waals surface area (Å²) in [4.78, 5) is 4.81. The summed E-state index contributed by atoms with van der Waals surface area (Å²) in [5.41, 5.74) is 10.0. The Morgan fingerprint density at radius 1 is 0.654 bits per heavy atom. The first-order valence-corrected chi connectivity index (χ1v) is 17.8. The molecule has 0 bridgehead atoms. The van der Waals surface area contributed by atoms with Gasteiger partial charge in [0.15, 0.2) is 0 Å². The molecule has 3 heterocycles. The molecule has 0 aliphatic heterocycles. The molecule has 5 nitrogen and oxygen atoms in total. The van der Waals surface area contributed by atoms with E-state index in [-0.39, 0.29) is 37.3 Å². The topological polar surface area (TPSA) is 35.9 Å². The summed E-state index contributed by atoms with van der Waals surface area (Å²) >= 11 is 0. The van der Waals surface area contributed by atoms with E-state index in [0.29, 0.717) is 11.5 Å². The first-order valence-electron chi connectivity index (χ1n) is 17.8. The molecule has 270 valence electrons. The van der Waals surface area contributed by atoms with Crippen LogP contribution in [0.2, 0.25) is 0 Å². The fourth-order valence-electron chi connectivity index (χ4n) is 6.59. The number of fused-ring (bicyclic) bond motifs is 3. The Kier molecular flexibility index (Phi) is 9.68. The van der Waals surface area contributed by atoms with Crippen LogP contribution in [0.1, 0.15) is 90.4 Å². The van der Waals surface area contributed by atoms with Crippen molar-refractivity contribution in [1.29, 1.82) is 0 Å². The van der Waals surface area contributed by atoms with Crippen molar-refractivity contribution in [2.45, 2.75) is 92.4 Å². The first kappa shape index (κ1) is 37.3. The van der Waals surface area contributed by atoms with E-state index in [1.807, 2.05) is 30.5 Å². The van der Waals surface area contributed by atoms with Crippen molar-refractivity contribution in [1.82, 2.24) is 14.1 Å². The van der Waals surface area contributed by atoms with Crippen LogP contribution in [-0.4, -0.2) is 14.1 Å². The Balaban J connectivity index is 0.00000464. The molecule has 0 radical (unpaired) electrons. The molecule has 0 unspecified atom stereocenters. The van der Waals surface area contributed by atoms with E-state index >= 15 is 0 Å². The van der Waals surface area contributed by atoms with Gasteiger partial charge in [-0.25, -0.2) is 4.98 Å². The number of pyridine rings is 1. The van der Waals surface area contributed by atoms with E-state index in [1.165, 1.54) is 16.7 Å². The number of hydrogen-bond acceptors (Lipinski definition) is 2. The Bertz CT molecular complexity index is 2400. The first-order chi connectivity index (χ1) is 24.0. The SMILES string of the molecule is Cc1c(C)[n+](-c2cc(C(C)(C)C)cc(C(C)(C)C)c2)[c-]n1-c1[c-]c(Oc2[c-]c3c(cc2)c2ccccc2n3-c2cc(C(C)(C)C)ccn2)ccc1.[Pt]. The number of aromatic nitrogens is 4. The monoisotopic (exact) mass is 867 g/mol. The zero-order valence-corrected chi connectivity index (χ0v) is 34.4. The number of benzene rings is 4. The second-order valence-electron chi connectivity index (χ2n) is 16.8. The van der Waals surface area contributed by atoms with Crippen LogP contribution in [-0.2, 0) is 37.3 Å². The average molecular weight is 868 g/mol. The third-order valence-corrected chi connectivity index (χ3v) is 9.91. The third kappa shape index (κ3) is 7.00. The average Bonchev–Trinajstić information content (AvgIpc) is 3.56. The molecule has 0 saturated heterocycles. The molecule has 0 aliphatic rings. The Morgan fingerprint density at radius 2 is 1.31 bits per heavy atom. The molecule has 0 aliphatic carbocycles. The van der Waals surface area contributed by atoms with E-state index in [2.05, 4.69) is 169 Å². The number of para-hydroxylation sites is 1. The maximum Gasteiger partial charge on any atom is 0.267 e. The van der Waals surface area contributed by atoms with E-state index in [4.69, 9.17) is 9.72 Å². The number of imidazole rings is 1. The zero-order valence-electron chi connectivity index (χ0n) is 32.2. The van der Waals surface area contributed by atoms with Crippen LogP contribution in [0, 0.1) is 32.3 Å². The van der Waals surface area contributed by atoms with Crippen molar-refractivity contribution < 1.29 is 30.4 Å². The predicted molar refractivity (Wildman–Crippen MR) is 208 cm³/mol. The van der Waals surface area contributed by atoms with Gasteiger partial charge in [0.2, 0.25) is 0 Å². The number of hydrogen-bond donors (Lipinski definition) is 0. The van der Waals surface area contributed by atoms with Crippen molar-refractivity contribution in [3.8, 4) is 28.7 Å². The van der Waals surface area contributed by atoms with Crippen molar-refractivity contribution in [3.05, 3.63) is 138 Å². The van der Waals surface area contributed by atoms with Gasteiger partial charge in [-0.3, -0.25) is 4.57 Å². The van der Waals surface area contributed by atoms with Gasteiger partial charge in [0.25, 0.3) is 6.33 Å².